The highest BCUT2D eigenvalue weighted by Crippen LogP contribution is 2.36. The number of hydrogen-bond donors (Lipinski definition) is 0. The third-order valence-corrected chi connectivity index (χ3v) is 4.50. The smallest absolute Gasteiger partial charge is 0.163 e. The summed E-state index contributed by atoms with van der Waals surface area (Å²) in [6.45, 7) is 2.95. The normalized spacial score (nSPS) is 16.8. The van der Waals surface area contributed by atoms with E-state index in [-0.39, 0.29) is 5.38 Å². The van der Waals surface area contributed by atoms with Crippen LogP contribution in [0.4, 0.5) is 0 Å². The molecule has 5 heteroatoms. The first-order valence-corrected chi connectivity index (χ1v) is 7.84. The van der Waals surface area contributed by atoms with Gasteiger partial charge in [-0.3, -0.25) is 0 Å². The van der Waals surface area contributed by atoms with Crippen LogP contribution in [0.25, 0.3) is 11.0 Å². The van der Waals surface area contributed by atoms with Gasteiger partial charge in [0.1, 0.15) is 5.82 Å². The van der Waals surface area contributed by atoms with Gasteiger partial charge in [-0.15, -0.1) is 11.6 Å². The Kier molecular flexibility index (Phi) is 3.98. The maximum Gasteiger partial charge on any atom is 0.163 e. The predicted molar refractivity (Wildman–Crippen MR) is 84.4 cm³/mol. The van der Waals surface area contributed by atoms with Gasteiger partial charge in [0.15, 0.2) is 11.5 Å². The Balaban J connectivity index is 2.13. The summed E-state index contributed by atoms with van der Waals surface area (Å²) >= 11 is 6.33. The lowest BCUT2D eigenvalue weighted by Gasteiger charge is -2.27. The van der Waals surface area contributed by atoms with Crippen LogP contribution in [-0.4, -0.2) is 23.8 Å². The molecule has 0 N–H and O–H groups in total. The van der Waals surface area contributed by atoms with Crippen LogP contribution < -0.4 is 9.47 Å². The van der Waals surface area contributed by atoms with Crippen LogP contribution in [0.5, 0.6) is 11.5 Å². The predicted octanol–water partition coefficient (Wildman–Crippen LogP) is 4.15. The molecule has 114 valence electrons. The number of halogens is 1. The summed E-state index contributed by atoms with van der Waals surface area (Å²) in [5.74, 6) is 3.10. The fourth-order valence-corrected chi connectivity index (χ4v) is 3.07. The topological polar surface area (TPSA) is 36.3 Å². The molecule has 2 aromatic rings. The molecule has 21 heavy (non-hydrogen) atoms. The maximum atomic E-state index is 6.33. The van der Waals surface area contributed by atoms with E-state index in [4.69, 9.17) is 26.1 Å². The van der Waals surface area contributed by atoms with Crippen molar-refractivity contribution in [2.75, 3.05) is 14.2 Å². The summed E-state index contributed by atoms with van der Waals surface area (Å²) in [7, 11) is 3.29. The fraction of sp³-hybridized carbons (Fsp3) is 0.562. The summed E-state index contributed by atoms with van der Waals surface area (Å²) in [5, 5.41) is -0.116. The molecule has 0 aliphatic heterocycles. The summed E-state index contributed by atoms with van der Waals surface area (Å²) in [6, 6.07) is 3.93. The minimum Gasteiger partial charge on any atom is -0.493 e. The summed E-state index contributed by atoms with van der Waals surface area (Å²) < 4.78 is 13.0. The minimum atomic E-state index is -0.116. The number of aromatic nitrogens is 2. The van der Waals surface area contributed by atoms with Crippen LogP contribution in [0.2, 0.25) is 0 Å². The van der Waals surface area contributed by atoms with Crippen molar-refractivity contribution in [2.24, 2.45) is 5.92 Å². The summed E-state index contributed by atoms with van der Waals surface area (Å²) in [4.78, 5) is 4.70. The zero-order chi connectivity index (χ0) is 15.0. The van der Waals surface area contributed by atoms with Gasteiger partial charge in [0, 0.05) is 18.7 Å². The quantitative estimate of drug-likeness (QED) is 0.778. The van der Waals surface area contributed by atoms with E-state index in [1.807, 2.05) is 19.1 Å². The van der Waals surface area contributed by atoms with Gasteiger partial charge >= 0.3 is 0 Å². The number of hydrogen-bond acceptors (Lipinski definition) is 3. The second kappa shape index (κ2) is 5.76. The Morgan fingerprint density at radius 2 is 1.95 bits per heavy atom. The molecule has 1 aliphatic carbocycles. The molecule has 1 unspecified atom stereocenters. The van der Waals surface area contributed by atoms with Gasteiger partial charge in [0.05, 0.1) is 30.6 Å². The molecule has 3 rings (SSSR count). The maximum absolute atomic E-state index is 6.33. The van der Waals surface area contributed by atoms with Crippen LogP contribution in [0, 0.1) is 5.92 Å². The molecule has 1 aromatic carbocycles. The third kappa shape index (κ3) is 2.57. The molecule has 0 amide bonds. The standard InChI is InChI=1S/C16H21ClN2O2/c1-10(17)16-18-12-7-14(20-2)15(21-3)8-13(12)19(16)9-11-5-4-6-11/h7-8,10-11H,4-6,9H2,1-3H3. The van der Waals surface area contributed by atoms with Crippen LogP contribution in [0.1, 0.15) is 37.4 Å². The van der Waals surface area contributed by atoms with Gasteiger partial charge in [0.2, 0.25) is 0 Å². The first-order valence-electron chi connectivity index (χ1n) is 7.40. The van der Waals surface area contributed by atoms with Crippen molar-refractivity contribution in [3.05, 3.63) is 18.0 Å². The number of nitrogens with zero attached hydrogens (tertiary/aromatic N) is 2. The Bertz CT molecular complexity index is 647. The van der Waals surface area contributed by atoms with E-state index in [1.54, 1.807) is 14.2 Å². The molecule has 0 spiro atoms. The molecule has 1 heterocycles. The van der Waals surface area contributed by atoms with Crippen molar-refractivity contribution in [1.82, 2.24) is 9.55 Å². The molecule has 1 aliphatic rings. The molecule has 0 bridgehead atoms. The van der Waals surface area contributed by atoms with Crippen molar-refractivity contribution in [3.63, 3.8) is 0 Å². The number of benzene rings is 1. The lowest BCUT2D eigenvalue weighted by Crippen LogP contribution is -2.19. The average molecular weight is 309 g/mol. The Morgan fingerprint density at radius 3 is 2.48 bits per heavy atom. The molecule has 0 saturated heterocycles. The highest BCUT2D eigenvalue weighted by molar-refractivity contribution is 6.20. The van der Waals surface area contributed by atoms with Crippen molar-refractivity contribution >= 4 is 22.6 Å². The largest absolute Gasteiger partial charge is 0.493 e. The molecule has 1 atom stereocenters. The number of methoxy groups -OCH3 is 2. The van der Waals surface area contributed by atoms with Gasteiger partial charge in [-0.1, -0.05) is 6.42 Å². The number of ether oxygens (including phenoxy) is 2. The van der Waals surface area contributed by atoms with E-state index in [0.717, 1.165) is 35.1 Å². The van der Waals surface area contributed by atoms with Crippen molar-refractivity contribution < 1.29 is 9.47 Å². The average Bonchev–Trinajstić information content (AvgIpc) is 2.79. The van der Waals surface area contributed by atoms with E-state index in [9.17, 15) is 0 Å². The van der Waals surface area contributed by atoms with E-state index < -0.39 is 0 Å². The van der Waals surface area contributed by atoms with E-state index in [0.29, 0.717) is 5.75 Å². The molecule has 1 saturated carbocycles. The van der Waals surface area contributed by atoms with Crippen LogP contribution in [-0.2, 0) is 6.54 Å². The number of alkyl halides is 1. The van der Waals surface area contributed by atoms with Gasteiger partial charge < -0.3 is 14.0 Å². The number of rotatable bonds is 5. The molecule has 1 fully saturated rings. The van der Waals surface area contributed by atoms with Gasteiger partial charge in [-0.25, -0.2) is 4.98 Å². The summed E-state index contributed by atoms with van der Waals surface area (Å²) in [5.41, 5.74) is 1.98. The van der Waals surface area contributed by atoms with Gasteiger partial charge in [0.25, 0.3) is 0 Å². The molecular weight excluding hydrogens is 288 g/mol. The van der Waals surface area contributed by atoms with Gasteiger partial charge in [-0.2, -0.15) is 0 Å². The number of fused-ring (bicyclic) bond motifs is 1. The summed E-state index contributed by atoms with van der Waals surface area (Å²) in [6.07, 6.45) is 3.92. The SMILES string of the molecule is COc1cc2nc(C(C)Cl)n(CC3CCC3)c2cc1OC. The lowest BCUT2D eigenvalue weighted by atomic mass is 9.85. The Hall–Kier alpha value is -1.42. The Labute approximate surface area is 130 Å². The molecular formula is C16H21ClN2O2. The highest BCUT2D eigenvalue weighted by atomic mass is 35.5. The first kappa shape index (κ1) is 14.5. The third-order valence-electron chi connectivity index (χ3n) is 4.30. The molecule has 0 radical (unpaired) electrons. The lowest BCUT2D eigenvalue weighted by molar-refractivity contribution is 0.276. The van der Waals surface area contributed by atoms with Crippen molar-refractivity contribution in [3.8, 4) is 11.5 Å². The first-order chi connectivity index (χ1) is 10.1. The van der Waals surface area contributed by atoms with Crippen LogP contribution in [0.15, 0.2) is 12.1 Å². The zero-order valence-electron chi connectivity index (χ0n) is 12.7. The monoisotopic (exact) mass is 308 g/mol. The zero-order valence-corrected chi connectivity index (χ0v) is 13.5. The fourth-order valence-electron chi connectivity index (χ4n) is 2.90. The second-order valence-corrected chi connectivity index (χ2v) is 6.34. The molecule has 1 aromatic heterocycles. The van der Waals surface area contributed by atoms with E-state index >= 15 is 0 Å². The van der Waals surface area contributed by atoms with Crippen LogP contribution >= 0.6 is 11.6 Å². The van der Waals surface area contributed by atoms with E-state index in [2.05, 4.69) is 4.57 Å². The number of imidazole rings is 1. The molecule has 4 nitrogen and oxygen atoms in total. The van der Waals surface area contributed by atoms with E-state index in [1.165, 1.54) is 19.3 Å². The van der Waals surface area contributed by atoms with Crippen LogP contribution in [0.3, 0.4) is 0 Å². The Morgan fingerprint density at radius 1 is 1.29 bits per heavy atom. The van der Waals surface area contributed by atoms with Crippen molar-refractivity contribution in [2.45, 2.75) is 38.1 Å². The van der Waals surface area contributed by atoms with Gasteiger partial charge in [-0.05, 0) is 25.7 Å². The second-order valence-electron chi connectivity index (χ2n) is 5.69. The highest BCUT2D eigenvalue weighted by Gasteiger charge is 2.23. The minimum absolute atomic E-state index is 0.116. The van der Waals surface area contributed by atoms with Crippen molar-refractivity contribution in [1.29, 1.82) is 0 Å².